The molecule has 2 bridgehead atoms. The Kier molecular flexibility index (Phi) is 5.60. The van der Waals surface area contributed by atoms with Gasteiger partial charge in [-0.2, -0.15) is 0 Å². The van der Waals surface area contributed by atoms with Crippen LogP contribution >= 0.6 is 0 Å². The van der Waals surface area contributed by atoms with E-state index in [2.05, 4.69) is 40.0 Å². The second kappa shape index (κ2) is 8.59. The summed E-state index contributed by atoms with van der Waals surface area (Å²) in [6, 6.07) is 7.87. The maximum absolute atomic E-state index is 13.6. The summed E-state index contributed by atoms with van der Waals surface area (Å²) in [5, 5.41) is 23.8. The van der Waals surface area contributed by atoms with E-state index < -0.39 is 17.1 Å². The topological polar surface area (TPSA) is 70.0 Å². The molecule has 1 unspecified atom stereocenters. The number of carbonyl (C=O) groups is 1. The van der Waals surface area contributed by atoms with Crippen LogP contribution in [0.5, 0.6) is 11.5 Å². The number of carbonyl (C=O) groups excluding carboxylic acids is 1. The van der Waals surface area contributed by atoms with Crippen LogP contribution in [0, 0.1) is 26.7 Å². The molecule has 5 aliphatic rings. The lowest BCUT2D eigenvalue weighted by Gasteiger charge is -2.66. The molecule has 7 rings (SSSR count). The number of aryl methyl sites for hydroxylation is 1. The van der Waals surface area contributed by atoms with Crippen molar-refractivity contribution < 1.29 is 24.2 Å². The predicted octanol–water partition coefficient (Wildman–Crippen LogP) is 4.57. The fraction of sp³-hybridized carbons (Fsp3) is 0.559. The van der Waals surface area contributed by atoms with E-state index in [-0.39, 0.29) is 23.7 Å². The van der Waals surface area contributed by atoms with Gasteiger partial charge in [-0.3, -0.25) is 4.79 Å². The molecule has 1 amide bonds. The number of phenolic OH excluding ortho intramolecular Hbond substituents is 1. The highest BCUT2D eigenvalue weighted by molar-refractivity contribution is 5.92. The number of rotatable bonds is 5. The molecule has 2 heterocycles. The van der Waals surface area contributed by atoms with Crippen molar-refractivity contribution >= 4 is 12.0 Å². The second-order valence-corrected chi connectivity index (χ2v) is 13.8. The average molecular weight is 544 g/mol. The summed E-state index contributed by atoms with van der Waals surface area (Å²) in [7, 11) is 4.22. The minimum Gasteiger partial charge on any atom is -0.504 e. The quantitative estimate of drug-likeness (QED) is 0.428. The lowest BCUT2D eigenvalue weighted by atomic mass is 9.47. The first kappa shape index (κ1) is 26.1. The van der Waals surface area contributed by atoms with Crippen LogP contribution in [0.2, 0.25) is 0 Å². The van der Waals surface area contributed by atoms with Crippen LogP contribution in [0.4, 0.5) is 0 Å². The third kappa shape index (κ3) is 3.38. The number of hydrogen-bond donors (Lipinski definition) is 2. The number of benzene rings is 2. The Morgan fingerprint density at radius 2 is 1.90 bits per heavy atom. The van der Waals surface area contributed by atoms with E-state index in [1.165, 1.54) is 35.1 Å². The number of hydrogen-bond acceptors (Lipinski definition) is 4. The molecule has 1 spiro atoms. The molecule has 2 N–H and O–H groups in total. The number of piperidine rings is 1. The highest BCUT2D eigenvalue weighted by atomic mass is 16.5. The largest absolute Gasteiger partial charge is 0.504 e. The lowest BCUT2D eigenvalue weighted by Crippen LogP contribution is -2.82. The summed E-state index contributed by atoms with van der Waals surface area (Å²) >= 11 is 0. The number of amides is 1. The van der Waals surface area contributed by atoms with Crippen molar-refractivity contribution in [3.63, 3.8) is 0 Å². The van der Waals surface area contributed by atoms with Crippen molar-refractivity contribution in [2.24, 2.45) is 5.92 Å². The molecule has 6 atom stereocenters. The fourth-order valence-electron chi connectivity index (χ4n) is 9.13. The predicted molar refractivity (Wildman–Crippen MR) is 155 cm³/mol. The van der Waals surface area contributed by atoms with Gasteiger partial charge in [-0.25, -0.2) is 0 Å². The first-order valence-corrected chi connectivity index (χ1v) is 15.1. The van der Waals surface area contributed by atoms with Crippen LogP contribution in [-0.4, -0.2) is 76.5 Å². The molecule has 1 saturated heterocycles. The van der Waals surface area contributed by atoms with Gasteiger partial charge in [-0.15, -0.1) is 0 Å². The zero-order chi connectivity index (χ0) is 28.2. The number of aromatic hydroxyl groups is 1. The zero-order valence-electron chi connectivity index (χ0n) is 24.5. The number of phenols is 1. The van der Waals surface area contributed by atoms with Gasteiger partial charge in [0.15, 0.2) is 11.5 Å². The van der Waals surface area contributed by atoms with E-state index in [9.17, 15) is 15.0 Å². The van der Waals surface area contributed by atoms with E-state index in [1.807, 2.05) is 24.1 Å². The van der Waals surface area contributed by atoms with E-state index in [0.717, 1.165) is 47.5 Å². The number of likely N-dealkylation sites (tertiary alicyclic amines) is 1. The molecule has 2 aromatic carbocycles. The van der Waals surface area contributed by atoms with Crippen LogP contribution in [0.1, 0.15) is 65.5 Å². The van der Waals surface area contributed by atoms with E-state index in [4.69, 9.17) is 4.74 Å². The SMILES string of the molecule is Cc1ccc(/C=C/C(=O)N(C)[C@@H]2CC[C@@]3(O)[C@@H]4Cc5ccc(O)c6c5[C@@]3(CC[N+]4(C)CC3CC3)[C@H]2O6)c(C)c1C. The maximum Gasteiger partial charge on any atom is 0.246 e. The molecule has 2 aliphatic heterocycles. The van der Waals surface area contributed by atoms with Crippen molar-refractivity contribution in [1.82, 2.24) is 4.90 Å². The van der Waals surface area contributed by atoms with E-state index in [0.29, 0.717) is 18.6 Å². The van der Waals surface area contributed by atoms with Gasteiger partial charge in [0.2, 0.25) is 5.91 Å². The fourth-order valence-corrected chi connectivity index (χ4v) is 9.13. The van der Waals surface area contributed by atoms with Gasteiger partial charge in [-0.1, -0.05) is 18.2 Å². The Morgan fingerprint density at radius 3 is 2.65 bits per heavy atom. The van der Waals surface area contributed by atoms with Crippen molar-refractivity contribution in [3.8, 4) is 11.5 Å². The van der Waals surface area contributed by atoms with Crippen molar-refractivity contribution in [1.29, 1.82) is 0 Å². The summed E-state index contributed by atoms with van der Waals surface area (Å²) < 4.78 is 7.60. The number of quaternary nitrogens is 1. The normalized spacial score (nSPS) is 35.4. The maximum atomic E-state index is 13.6. The van der Waals surface area contributed by atoms with Gasteiger partial charge < -0.3 is 24.3 Å². The summed E-state index contributed by atoms with van der Waals surface area (Å²) in [4.78, 5) is 15.4. The number of likely N-dealkylation sites (N-methyl/N-ethyl adjacent to an activating group) is 2. The van der Waals surface area contributed by atoms with Gasteiger partial charge in [-0.05, 0) is 86.4 Å². The smallest absolute Gasteiger partial charge is 0.246 e. The van der Waals surface area contributed by atoms with Crippen molar-refractivity contribution in [2.45, 2.75) is 88.5 Å². The summed E-state index contributed by atoms with van der Waals surface area (Å²) in [6.07, 6.45) is 8.71. The minimum absolute atomic E-state index is 0.0639. The first-order valence-electron chi connectivity index (χ1n) is 15.1. The first-order chi connectivity index (χ1) is 19.0. The van der Waals surface area contributed by atoms with Gasteiger partial charge in [0.1, 0.15) is 17.7 Å². The Hall–Kier alpha value is -2.83. The highest BCUT2D eigenvalue weighted by Crippen LogP contribution is 2.66. The van der Waals surface area contributed by atoms with Crippen LogP contribution in [0.15, 0.2) is 30.3 Å². The summed E-state index contributed by atoms with van der Waals surface area (Å²) in [5.41, 5.74) is 5.40. The molecule has 40 heavy (non-hydrogen) atoms. The molecule has 6 heteroatoms. The van der Waals surface area contributed by atoms with E-state index >= 15 is 0 Å². The Labute approximate surface area is 237 Å². The lowest BCUT2D eigenvalue weighted by molar-refractivity contribution is -0.950. The zero-order valence-corrected chi connectivity index (χ0v) is 24.5. The van der Waals surface area contributed by atoms with Crippen molar-refractivity contribution in [2.75, 3.05) is 27.2 Å². The molecule has 212 valence electrons. The molecule has 6 nitrogen and oxygen atoms in total. The third-order valence-electron chi connectivity index (χ3n) is 11.8. The number of aliphatic hydroxyl groups is 1. The standard InChI is InChI=1S/C34H42N2O4/c1-20-6-9-24(22(3)21(20)2)11-13-29(38)35(4)26-14-15-34(39)28-18-25-10-12-27(37)31-30(25)33(34,32(26)40-31)16-17-36(28,5)19-23-7-8-23/h6,9-13,23,26,28,32,39H,7-8,14-19H2,1-5H3/p+1/b13-11+/t26-,28+,32+,33+,34-,36?/m1/s1. The Bertz CT molecular complexity index is 1450. The molecular formula is C34H43N2O4+. The number of ether oxygens (including phenoxy) is 1. The molecule has 3 fully saturated rings. The summed E-state index contributed by atoms with van der Waals surface area (Å²) in [6.45, 7) is 8.43. The Morgan fingerprint density at radius 1 is 1.12 bits per heavy atom. The Balaban J connectivity index is 1.25. The highest BCUT2D eigenvalue weighted by Gasteiger charge is 2.76. The van der Waals surface area contributed by atoms with Crippen LogP contribution in [0.25, 0.3) is 6.08 Å². The van der Waals surface area contributed by atoms with Crippen LogP contribution < -0.4 is 4.74 Å². The van der Waals surface area contributed by atoms with Gasteiger partial charge in [0.05, 0.1) is 31.6 Å². The molecule has 3 aliphatic carbocycles. The molecule has 0 aromatic heterocycles. The monoisotopic (exact) mass is 543 g/mol. The third-order valence-corrected chi connectivity index (χ3v) is 11.8. The van der Waals surface area contributed by atoms with Crippen LogP contribution in [0.3, 0.4) is 0 Å². The molecule has 2 aromatic rings. The molecule has 0 radical (unpaired) electrons. The molecule has 2 saturated carbocycles. The van der Waals surface area contributed by atoms with Crippen LogP contribution in [-0.2, 0) is 16.6 Å². The van der Waals surface area contributed by atoms with Crippen molar-refractivity contribution in [3.05, 3.63) is 63.7 Å². The van der Waals surface area contributed by atoms with E-state index in [1.54, 1.807) is 12.1 Å². The average Bonchev–Trinajstić information content (AvgIpc) is 3.66. The molecular weight excluding hydrogens is 500 g/mol. The van der Waals surface area contributed by atoms with Gasteiger partial charge >= 0.3 is 0 Å². The number of nitrogens with zero attached hydrogens (tertiary/aromatic N) is 2. The minimum atomic E-state index is -0.932. The second-order valence-electron chi connectivity index (χ2n) is 13.8. The summed E-state index contributed by atoms with van der Waals surface area (Å²) in [5.74, 6) is 1.38. The van der Waals surface area contributed by atoms with Gasteiger partial charge in [0, 0.05) is 37.4 Å². The van der Waals surface area contributed by atoms with Gasteiger partial charge in [0.25, 0.3) is 0 Å².